The van der Waals surface area contributed by atoms with E-state index < -0.39 is 0 Å². The van der Waals surface area contributed by atoms with Crippen LogP contribution in [0.3, 0.4) is 0 Å². The third-order valence-corrected chi connectivity index (χ3v) is 2.59. The molecule has 2 unspecified atom stereocenters. The maximum atomic E-state index is 5.83. The van der Waals surface area contributed by atoms with Crippen LogP contribution in [0, 0.1) is 0 Å². The van der Waals surface area contributed by atoms with Gasteiger partial charge in [0.1, 0.15) is 0 Å². The van der Waals surface area contributed by atoms with Crippen LogP contribution >= 0.6 is 11.6 Å². The van der Waals surface area contributed by atoms with Gasteiger partial charge in [-0.2, -0.15) is 5.10 Å². The van der Waals surface area contributed by atoms with Gasteiger partial charge in [0.25, 0.3) is 0 Å². The first kappa shape index (κ1) is 12.5. The summed E-state index contributed by atoms with van der Waals surface area (Å²) < 4.78 is 2.02. The Balaban J connectivity index is 2.39. The van der Waals surface area contributed by atoms with Crippen LogP contribution < -0.4 is 5.32 Å². The first-order valence-corrected chi connectivity index (χ1v) is 5.96. The SMILES string of the molecule is CCC(C)n1ccc(CNCC(C)Cl)n1. The largest absolute Gasteiger partial charge is 0.310 e. The van der Waals surface area contributed by atoms with Gasteiger partial charge in [0.15, 0.2) is 0 Å². The number of nitrogens with one attached hydrogen (secondary N) is 1. The molecule has 1 aromatic heterocycles. The Kier molecular flexibility index (Phi) is 5.12. The van der Waals surface area contributed by atoms with Gasteiger partial charge in [-0.3, -0.25) is 4.68 Å². The lowest BCUT2D eigenvalue weighted by Crippen LogP contribution is -2.21. The summed E-state index contributed by atoms with van der Waals surface area (Å²) in [6, 6.07) is 2.53. The fourth-order valence-corrected chi connectivity index (χ4v) is 1.41. The molecule has 0 spiro atoms. The maximum Gasteiger partial charge on any atom is 0.0762 e. The maximum absolute atomic E-state index is 5.83. The van der Waals surface area contributed by atoms with E-state index in [1.807, 2.05) is 17.8 Å². The molecule has 0 aromatic carbocycles. The van der Waals surface area contributed by atoms with Gasteiger partial charge < -0.3 is 5.32 Å². The van der Waals surface area contributed by atoms with Gasteiger partial charge in [0.2, 0.25) is 0 Å². The van der Waals surface area contributed by atoms with Crippen molar-refractivity contribution >= 4 is 11.6 Å². The van der Waals surface area contributed by atoms with Crippen LogP contribution in [-0.2, 0) is 6.54 Å². The number of nitrogens with zero attached hydrogens (tertiary/aromatic N) is 2. The average molecular weight is 230 g/mol. The molecule has 1 rings (SSSR count). The van der Waals surface area contributed by atoms with Crippen molar-refractivity contribution in [3.63, 3.8) is 0 Å². The standard InChI is InChI=1S/C11H20ClN3/c1-4-10(3)15-6-5-11(14-15)8-13-7-9(2)12/h5-6,9-10,13H,4,7-8H2,1-3H3. The third kappa shape index (κ3) is 4.22. The molecule has 0 radical (unpaired) electrons. The second-order valence-corrected chi connectivity index (χ2v) is 4.70. The minimum atomic E-state index is 0.168. The molecular weight excluding hydrogens is 210 g/mol. The molecule has 15 heavy (non-hydrogen) atoms. The van der Waals surface area contributed by atoms with Gasteiger partial charge in [-0.25, -0.2) is 0 Å². The summed E-state index contributed by atoms with van der Waals surface area (Å²) in [5.41, 5.74) is 1.08. The summed E-state index contributed by atoms with van der Waals surface area (Å²) in [5.74, 6) is 0. The van der Waals surface area contributed by atoms with Crippen molar-refractivity contribution in [3.05, 3.63) is 18.0 Å². The van der Waals surface area contributed by atoms with Crippen LogP contribution in [0.25, 0.3) is 0 Å². The lowest BCUT2D eigenvalue weighted by atomic mass is 10.3. The summed E-state index contributed by atoms with van der Waals surface area (Å²) in [5, 5.41) is 7.92. The number of halogens is 1. The minimum absolute atomic E-state index is 0.168. The smallest absolute Gasteiger partial charge is 0.0762 e. The second-order valence-electron chi connectivity index (χ2n) is 3.96. The van der Waals surface area contributed by atoms with Crippen LogP contribution in [0.15, 0.2) is 12.3 Å². The molecular formula is C11H20ClN3. The predicted octanol–water partition coefficient (Wildman–Crippen LogP) is 2.57. The van der Waals surface area contributed by atoms with Crippen molar-refractivity contribution in [2.75, 3.05) is 6.54 Å². The van der Waals surface area contributed by atoms with Gasteiger partial charge in [-0.15, -0.1) is 11.6 Å². The number of aromatic nitrogens is 2. The molecule has 4 heteroatoms. The van der Waals surface area contributed by atoms with Crippen LogP contribution in [0.1, 0.15) is 38.9 Å². The van der Waals surface area contributed by atoms with Crippen molar-refractivity contribution in [3.8, 4) is 0 Å². The fourth-order valence-electron chi connectivity index (χ4n) is 1.30. The van der Waals surface area contributed by atoms with Crippen molar-refractivity contribution in [2.45, 2.75) is 45.2 Å². The van der Waals surface area contributed by atoms with E-state index in [4.69, 9.17) is 11.6 Å². The molecule has 1 heterocycles. The highest BCUT2D eigenvalue weighted by Gasteiger charge is 2.04. The molecule has 86 valence electrons. The highest BCUT2D eigenvalue weighted by atomic mass is 35.5. The average Bonchev–Trinajstić information content (AvgIpc) is 2.65. The van der Waals surface area contributed by atoms with Gasteiger partial charge in [0.05, 0.1) is 5.69 Å². The normalized spacial score (nSPS) is 15.2. The Morgan fingerprint density at radius 1 is 1.53 bits per heavy atom. The molecule has 1 N–H and O–H groups in total. The quantitative estimate of drug-likeness (QED) is 0.760. The summed E-state index contributed by atoms with van der Waals surface area (Å²) in [4.78, 5) is 0. The lowest BCUT2D eigenvalue weighted by Gasteiger charge is -2.08. The van der Waals surface area contributed by atoms with Crippen LogP contribution in [0.5, 0.6) is 0 Å². The molecule has 3 nitrogen and oxygen atoms in total. The van der Waals surface area contributed by atoms with Crippen LogP contribution in [0.4, 0.5) is 0 Å². The molecule has 0 aliphatic rings. The van der Waals surface area contributed by atoms with Crippen molar-refractivity contribution in [2.24, 2.45) is 0 Å². The van der Waals surface area contributed by atoms with Crippen LogP contribution in [0.2, 0.25) is 0 Å². The van der Waals surface area contributed by atoms with Gasteiger partial charge >= 0.3 is 0 Å². The molecule has 0 saturated carbocycles. The summed E-state index contributed by atoms with van der Waals surface area (Å²) >= 11 is 5.83. The van der Waals surface area contributed by atoms with E-state index in [9.17, 15) is 0 Å². The molecule has 1 aromatic rings. The van der Waals surface area contributed by atoms with E-state index in [0.717, 1.165) is 25.2 Å². The van der Waals surface area contributed by atoms with Crippen molar-refractivity contribution in [1.29, 1.82) is 0 Å². The molecule has 0 amide bonds. The van der Waals surface area contributed by atoms with Crippen molar-refractivity contribution < 1.29 is 0 Å². The monoisotopic (exact) mass is 229 g/mol. The van der Waals surface area contributed by atoms with E-state index in [1.165, 1.54) is 0 Å². The predicted molar refractivity (Wildman–Crippen MR) is 64.3 cm³/mol. The number of alkyl halides is 1. The van der Waals surface area contributed by atoms with Crippen molar-refractivity contribution in [1.82, 2.24) is 15.1 Å². The Hall–Kier alpha value is -0.540. The topological polar surface area (TPSA) is 29.9 Å². The van der Waals surface area contributed by atoms with E-state index in [1.54, 1.807) is 0 Å². The Bertz CT molecular complexity index is 283. The third-order valence-electron chi connectivity index (χ3n) is 2.44. The second kappa shape index (κ2) is 6.13. The number of rotatable bonds is 6. The van der Waals surface area contributed by atoms with E-state index in [-0.39, 0.29) is 5.38 Å². The Labute approximate surface area is 96.8 Å². The lowest BCUT2D eigenvalue weighted by molar-refractivity contribution is 0.471. The molecule has 0 bridgehead atoms. The minimum Gasteiger partial charge on any atom is -0.310 e. The molecule has 0 saturated heterocycles. The van der Waals surface area contributed by atoms with Gasteiger partial charge in [-0.05, 0) is 26.3 Å². The Morgan fingerprint density at radius 2 is 2.27 bits per heavy atom. The highest BCUT2D eigenvalue weighted by molar-refractivity contribution is 6.20. The number of hydrogen-bond donors (Lipinski definition) is 1. The first-order valence-electron chi connectivity index (χ1n) is 5.52. The summed E-state index contributed by atoms with van der Waals surface area (Å²) in [6.07, 6.45) is 3.14. The summed E-state index contributed by atoms with van der Waals surface area (Å²) in [6.45, 7) is 7.93. The first-order chi connectivity index (χ1) is 7.13. The molecule has 2 atom stereocenters. The molecule has 0 fully saturated rings. The van der Waals surface area contributed by atoms with Gasteiger partial charge in [0, 0.05) is 30.7 Å². The van der Waals surface area contributed by atoms with E-state index in [0.29, 0.717) is 6.04 Å². The molecule has 0 aliphatic carbocycles. The van der Waals surface area contributed by atoms with Crippen LogP contribution in [-0.4, -0.2) is 21.7 Å². The Morgan fingerprint density at radius 3 is 2.87 bits per heavy atom. The van der Waals surface area contributed by atoms with E-state index >= 15 is 0 Å². The van der Waals surface area contributed by atoms with Gasteiger partial charge in [-0.1, -0.05) is 6.92 Å². The van der Waals surface area contributed by atoms with E-state index in [2.05, 4.69) is 30.3 Å². The zero-order valence-electron chi connectivity index (χ0n) is 9.70. The highest BCUT2D eigenvalue weighted by Crippen LogP contribution is 2.08. The number of hydrogen-bond acceptors (Lipinski definition) is 2. The molecule has 0 aliphatic heterocycles. The zero-order valence-corrected chi connectivity index (χ0v) is 10.5. The fraction of sp³-hybridized carbons (Fsp3) is 0.727. The summed E-state index contributed by atoms with van der Waals surface area (Å²) in [7, 11) is 0. The zero-order chi connectivity index (χ0) is 11.3.